The first-order chi connectivity index (χ1) is 14.6. The van der Waals surface area contributed by atoms with Gasteiger partial charge in [0, 0.05) is 43.0 Å². The third-order valence-corrected chi connectivity index (χ3v) is 6.02. The molecule has 0 spiro atoms. The first kappa shape index (κ1) is 18.8. The Morgan fingerprint density at radius 2 is 1.80 bits per heavy atom. The van der Waals surface area contributed by atoms with Crippen LogP contribution in [0.5, 0.6) is 0 Å². The van der Waals surface area contributed by atoms with E-state index < -0.39 is 0 Å². The number of H-pyrrole nitrogens is 1. The van der Waals surface area contributed by atoms with Crippen molar-refractivity contribution in [2.75, 3.05) is 43.4 Å². The fraction of sp³-hybridized carbons (Fsp3) is 0.348. The fourth-order valence-corrected chi connectivity index (χ4v) is 4.02. The van der Waals surface area contributed by atoms with Gasteiger partial charge in [0.25, 0.3) is 5.56 Å². The monoisotopic (exact) mass is 403 g/mol. The number of amides is 1. The molecule has 1 aliphatic heterocycles. The van der Waals surface area contributed by atoms with E-state index in [0.29, 0.717) is 11.1 Å². The molecule has 1 saturated heterocycles. The zero-order valence-corrected chi connectivity index (χ0v) is 17.0. The van der Waals surface area contributed by atoms with Crippen LogP contribution in [0.15, 0.2) is 47.3 Å². The van der Waals surface area contributed by atoms with Gasteiger partial charge in [-0.2, -0.15) is 5.10 Å². The summed E-state index contributed by atoms with van der Waals surface area (Å²) in [6.45, 7) is 3.82. The summed E-state index contributed by atoms with van der Waals surface area (Å²) in [5, 5.41) is 11.5. The summed E-state index contributed by atoms with van der Waals surface area (Å²) >= 11 is 0. The molecule has 2 N–H and O–H groups in total. The number of benzene rings is 2. The van der Waals surface area contributed by atoms with Crippen molar-refractivity contribution < 1.29 is 4.79 Å². The number of aromatic amines is 1. The SMILES string of the molecule is CN1CCN(c2ccc(-c3n[nH]c(=O)c4ccccc34)cc2NC(=O)C2CC2)CC1. The largest absolute Gasteiger partial charge is 0.367 e. The minimum Gasteiger partial charge on any atom is -0.367 e. The summed E-state index contributed by atoms with van der Waals surface area (Å²) in [7, 11) is 2.13. The van der Waals surface area contributed by atoms with Gasteiger partial charge < -0.3 is 15.1 Å². The molecule has 7 nitrogen and oxygen atoms in total. The minimum atomic E-state index is -0.203. The topological polar surface area (TPSA) is 81.3 Å². The quantitative estimate of drug-likeness (QED) is 0.700. The molecule has 7 heteroatoms. The van der Waals surface area contributed by atoms with Crippen LogP contribution >= 0.6 is 0 Å². The number of nitrogens with zero attached hydrogens (tertiary/aromatic N) is 3. The molecule has 0 bridgehead atoms. The van der Waals surface area contributed by atoms with Crippen LogP contribution in [0.4, 0.5) is 11.4 Å². The van der Waals surface area contributed by atoms with E-state index >= 15 is 0 Å². The standard InChI is InChI=1S/C23H25N5O2/c1-27-10-12-28(13-11-27)20-9-8-16(14-19(20)24-22(29)15-6-7-15)21-17-4-2-3-5-18(17)23(30)26-25-21/h2-5,8-9,14-15H,6-7,10-13H2,1H3,(H,24,29)(H,26,30). The Bertz CT molecular complexity index is 1160. The molecule has 5 rings (SSSR count). The molecule has 0 radical (unpaired) electrons. The molecule has 1 aromatic heterocycles. The molecule has 2 fully saturated rings. The van der Waals surface area contributed by atoms with Crippen LogP contribution in [0, 0.1) is 5.92 Å². The number of carbonyl (C=O) groups excluding carboxylic acids is 1. The Labute approximate surface area is 174 Å². The Morgan fingerprint density at radius 3 is 2.53 bits per heavy atom. The smallest absolute Gasteiger partial charge is 0.272 e. The lowest BCUT2D eigenvalue weighted by Gasteiger charge is -2.35. The van der Waals surface area contributed by atoms with Gasteiger partial charge in [-0.05, 0) is 38.1 Å². The van der Waals surface area contributed by atoms with Crippen molar-refractivity contribution in [1.82, 2.24) is 15.1 Å². The number of likely N-dealkylation sites (N-methyl/N-ethyl adjacent to an activating group) is 1. The summed E-state index contributed by atoms with van der Waals surface area (Å²) in [5.74, 6) is 0.211. The maximum absolute atomic E-state index is 12.6. The number of anilines is 2. The van der Waals surface area contributed by atoms with Crippen LogP contribution in [0.1, 0.15) is 12.8 Å². The van der Waals surface area contributed by atoms with Crippen LogP contribution in [0.2, 0.25) is 0 Å². The molecular formula is C23H25N5O2. The first-order valence-corrected chi connectivity index (χ1v) is 10.5. The highest BCUT2D eigenvalue weighted by molar-refractivity contribution is 5.99. The van der Waals surface area contributed by atoms with E-state index in [4.69, 9.17) is 0 Å². The van der Waals surface area contributed by atoms with Crippen molar-refractivity contribution in [2.24, 2.45) is 5.92 Å². The molecule has 3 aromatic rings. The third kappa shape index (κ3) is 3.57. The van der Waals surface area contributed by atoms with Crippen molar-refractivity contribution in [1.29, 1.82) is 0 Å². The van der Waals surface area contributed by atoms with Gasteiger partial charge in [-0.3, -0.25) is 9.59 Å². The van der Waals surface area contributed by atoms with E-state index in [9.17, 15) is 9.59 Å². The highest BCUT2D eigenvalue weighted by Gasteiger charge is 2.30. The van der Waals surface area contributed by atoms with E-state index in [1.807, 2.05) is 30.3 Å². The van der Waals surface area contributed by atoms with Crippen LogP contribution in [-0.4, -0.2) is 54.2 Å². The molecule has 1 amide bonds. The van der Waals surface area contributed by atoms with Gasteiger partial charge in [0.15, 0.2) is 0 Å². The number of aromatic nitrogens is 2. The molecule has 2 aromatic carbocycles. The molecule has 0 atom stereocenters. The van der Waals surface area contributed by atoms with Gasteiger partial charge in [0.05, 0.1) is 22.5 Å². The van der Waals surface area contributed by atoms with Gasteiger partial charge in [0.2, 0.25) is 5.91 Å². The summed E-state index contributed by atoms with van der Waals surface area (Å²) in [4.78, 5) is 29.4. The third-order valence-electron chi connectivity index (χ3n) is 6.02. The fourth-order valence-electron chi connectivity index (χ4n) is 4.02. The van der Waals surface area contributed by atoms with E-state index in [2.05, 4.69) is 38.4 Å². The van der Waals surface area contributed by atoms with E-state index in [-0.39, 0.29) is 17.4 Å². The molecule has 1 aliphatic carbocycles. The van der Waals surface area contributed by atoms with Crippen molar-refractivity contribution >= 4 is 28.1 Å². The van der Waals surface area contributed by atoms with Gasteiger partial charge in [-0.1, -0.05) is 24.3 Å². The van der Waals surface area contributed by atoms with Crippen LogP contribution in [0.3, 0.4) is 0 Å². The normalized spacial score (nSPS) is 17.3. The van der Waals surface area contributed by atoms with E-state index in [1.54, 1.807) is 6.07 Å². The maximum Gasteiger partial charge on any atom is 0.272 e. The number of hydrogen-bond donors (Lipinski definition) is 2. The Morgan fingerprint density at radius 1 is 1.07 bits per heavy atom. The summed E-state index contributed by atoms with van der Waals surface area (Å²) in [6, 6.07) is 13.5. The number of fused-ring (bicyclic) bond motifs is 1. The van der Waals surface area contributed by atoms with Crippen molar-refractivity contribution in [3.05, 3.63) is 52.8 Å². The first-order valence-electron chi connectivity index (χ1n) is 10.5. The summed E-state index contributed by atoms with van der Waals surface area (Å²) in [6.07, 6.45) is 1.92. The van der Waals surface area contributed by atoms with Gasteiger partial charge in [-0.25, -0.2) is 5.10 Å². The summed E-state index contributed by atoms with van der Waals surface area (Å²) < 4.78 is 0. The number of carbonyl (C=O) groups is 1. The number of rotatable bonds is 4. The van der Waals surface area contributed by atoms with E-state index in [0.717, 1.165) is 61.3 Å². The second kappa shape index (κ2) is 7.57. The zero-order valence-electron chi connectivity index (χ0n) is 17.0. The molecule has 1 saturated carbocycles. The molecular weight excluding hydrogens is 378 g/mol. The lowest BCUT2D eigenvalue weighted by molar-refractivity contribution is -0.117. The highest BCUT2D eigenvalue weighted by atomic mass is 16.2. The van der Waals surface area contributed by atoms with Crippen molar-refractivity contribution in [2.45, 2.75) is 12.8 Å². The van der Waals surface area contributed by atoms with Gasteiger partial charge in [0.1, 0.15) is 0 Å². The summed E-state index contributed by atoms with van der Waals surface area (Å²) in [5.41, 5.74) is 3.22. The molecule has 30 heavy (non-hydrogen) atoms. The predicted octanol–water partition coefficient (Wildman–Crippen LogP) is 2.69. The number of hydrogen-bond acceptors (Lipinski definition) is 5. The van der Waals surface area contributed by atoms with Gasteiger partial charge >= 0.3 is 0 Å². The molecule has 0 unspecified atom stereocenters. The lowest BCUT2D eigenvalue weighted by Crippen LogP contribution is -2.44. The minimum absolute atomic E-state index is 0.0850. The van der Waals surface area contributed by atoms with Crippen LogP contribution in [-0.2, 0) is 4.79 Å². The number of nitrogens with one attached hydrogen (secondary N) is 2. The highest BCUT2D eigenvalue weighted by Crippen LogP contribution is 2.36. The molecule has 2 heterocycles. The Hall–Kier alpha value is -3.19. The Kier molecular flexibility index (Phi) is 4.75. The van der Waals surface area contributed by atoms with Crippen molar-refractivity contribution in [3.63, 3.8) is 0 Å². The van der Waals surface area contributed by atoms with Gasteiger partial charge in [-0.15, -0.1) is 0 Å². The zero-order chi connectivity index (χ0) is 20.7. The number of piperazine rings is 1. The molecule has 154 valence electrons. The average Bonchev–Trinajstić information content (AvgIpc) is 3.61. The van der Waals surface area contributed by atoms with Crippen molar-refractivity contribution in [3.8, 4) is 11.3 Å². The second-order valence-corrected chi connectivity index (χ2v) is 8.23. The predicted molar refractivity (Wildman–Crippen MR) is 119 cm³/mol. The van der Waals surface area contributed by atoms with E-state index in [1.165, 1.54) is 0 Å². The second-order valence-electron chi connectivity index (χ2n) is 8.23. The average molecular weight is 403 g/mol. The van der Waals surface area contributed by atoms with Crippen LogP contribution < -0.4 is 15.8 Å². The lowest BCUT2D eigenvalue weighted by atomic mass is 10.0. The Balaban J connectivity index is 1.58. The molecule has 2 aliphatic rings. The maximum atomic E-state index is 12.6. The van der Waals surface area contributed by atoms with Crippen LogP contribution in [0.25, 0.3) is 22.0 Å².